The Morgan fingerprint density at radius 2 is 0.842 bits per heavy atom. The Morgan fingerprint density at radius 1 is 0.474 bits per heavy atom. The van der Waals surface area contributed by atoms with Gasteiger partial charge in [0.15, 0.2) is 0 Å². The molecule has 0 spiro atoms. The summed E-state index contributed by atoms with van der Waals surface area (Å²) in [6, 6.07) is 8.63. The van der Waals surface area contributed by atoms with Crippen molar-refractivity contribution in [1.82, 2.24) is 0 Å². The Hall–Kier alpha value is -5.51. The average molecular weight is 546 g/mol. The van der Waals surface area contributed by atoms with Gasteiger partial charge in [-0.3, -0.25) is 60.7 Å². The molecule has 0 aromatic heterocycles. The molecule has 0 radical (unpaired) electrons. The van der Waals surface area contributed by atoms with Crippen LogP contribution in [0.1, 0.15) is 5.56 Å². The lowest BCUT2D eigenvalue weighted by Crippen LogP contribution is -2.27. The second kappa shape index (κ2) is 10.2. The molecule has 3 aromatic rings. The number of hydrogen-bond donors (Lipinski definition) is 0. The number of nitro groups is 6. The summed E-state index contributed by atoms with van der Waals surface area (Å²) in [6.07, 6.45) is 0. The molecule has 0 unspecified atom stereocenters. The lowest BCUT2D eigenvalue weighted by Gasteiger charge is -2.20. The molecule has 19 heteroatoms. The number of benzene rings is 3. The van der Waals surface area contributed by atoms with E-state index in [9.17, 15) is 60.7 Å². The summed E-state index contributed by atoms with van der Waals surface area (Å²) in [6.45, 7) is 1.49. The van der Waals surface area contributed by atoms with Crippen LogP contribution in [-0.2, 0) is 0 Å². The molecular weight excluding hydrogens is 535 g/mol. The average Bonchev–Trinajstić information content (AvgIpc) is 2.83. The molecular formula is C19H11N6O12P. The van der Waals surface area contributed by atoms with Crippen molar-refractivity contribution in [3.8, 4) is 0 Å². The third-order valence-corrected chi connectivity index (χ3v) is 7.85. The van der Waals surface area contributed by atoms with E-state index in [0.717, 1.165) is 12.1 Å². The molecule has 0 atom stereocenters. The van der Waals surface area contributed by atoms with Gasteiger partial charge in [-0.25, -0.2) is 0 Å². The van der Waals surface area contributed by atoms with Crippen LogP contribution in [0.2, 0.25) is 0 Å². The molecule has 3 rings (SSSR count). The van der Waals surface area contributed by atoms with Gasteiger partial charge in [-0.05, 0) is 29.9 Å². The maximum Gasteiger partial charge on any atom is 0.423 e. The molecule has 0 aliphatic carbocycles. The van der Waals surface area contributed by atoms with Crippen LogP contribution >= 0.6 is 7.92 Å². The van der Waals surface area contributed by atoms with Crippen molar-refractivity contribution in [1.29, 1.82) is 0 Å². The molecule has 0 amide bonds. The molecule has 38 heavy (non-hydrogen) atoms. The van der Waals surface area contributed by atoms with Gasteiger partial charge in [0.05, 0.1) is 40.1 Å². The first-order valence-corrected chi connectivity index (χ1v) is 11.2. The molecule has 0 aliphatic heterocycles. The fourth-order valence-corrected chi connectivity index (χ4v) is 6.38. The van der Waals surface area contributed by atoms with Crippen molar-refractivity contribution in [2.75, 3.05) is 0 Å². The summed E-state index contributed by atoms with van der Waals surface area (Å²) in [5.74, 6) is 0. The van der Waals surface area contributed by atoms with E-state index in [4.69, 9.17) is 0 Å². The van der Waals surface area contributed by atoms with E-state index in [-0.39, 0.29) is 5.30 Å². The minimum Gasteiger partial charge on any atom is -0.258 e. The number of hydrogen-bond acceptors (Lipinski definition) is 12. The van der Waals surface area contributed by atoms with Gasteiger partial charge in [0.1, 0.15) is 0 Å². The molecule has 0 fully saturated rings. The van der Waals surface area contributed by atoms with Gasteiger partial charge in [0.25, 0.3) is 0 Å². The lowest BCUT2D eigenvalue weighted by molar-refractivity contribution is -0.440. The summed E-state index contributed by atoms with van der Waals surface area (Å²) >= 11 is 0. The predicted molar refractivity (Wildman–Crippen MR) is 130 cm³/mol. The monoisotopic (exact) mass is 546 g/mol. The Balaban J connectivity index is 2.63. The van der Waals surface area contributed by atoms with E-state index in [1.165, 1.54) is 31.2 Å². The molecule has 0 saturated carbocycles. The highest BCUT2D eigenvalue weighted by molar-refractivity contribution is 7.80. The number of nitro benzene ring substituents is 6. The van der Waals surface area contributed by atoms with E-state index in [1.54, 1.807) is 0 Å². The van der Waals surface area contributed by atoms with Crippen LogP contribution in [0, 0.1) is 67.6 Å². The largest absolute Gasteiger partial charge is 0.423 e. The molecule has 0 heterocycles. The highest BCUT2D eigenvalue weighted by Gasteiger charge is 2.46. The molecule has 194 valence electrons. The smallest absolute Gasteiger partial charge is 0.258 e. The maximum absolute atomic E-state index is 12.1. The first-order chi connectivity index (χ1) is 17.8. The number of aryl methyl sites for hydroxylation is 1. The van der Waals surface area contributed by atoms with Crippen LogP contribution < -0.4 is 15.9 Å². The molecule has 18 nitrogen and oxygen atoms in total. The third kappa shape index (κ3) is 4.65. The second-order valence-corrected chi connectivity index (χ2v) is 9.38. The summed E-state index contributed by atoms with van der Waals surface area (Å²) in [4.78, 5) is 62.7. The predicted octanol–water partition coefficient (Wildman–Crippen LogP) is 3.20. The zero-order valence-corrected chi connectivity index (χ0v) is 19.5. The van der Waals surface area contributed by atoms with E-state index in [0.29, 0.717) is 17.7 Å². The van der Waals surface area contributed by atoms with Gasteiger partial charge < -0.3 is 0 Å². The Bertz CT molecular complexity index is 1480. The van der Waals surface area contributed by atoms with Crippen molar-refractivity contribution in [3.63, 3.8) is 0 Å². The quantitative estimate of drug-likeness (QED) is 0.213. The van der Waals surface area contributed by atoms with Gasteiger partial charge in [-0.15, -0.1) is 0 Å². The molecule has 3 aromatic carbocycles. The van der Waals surface area contributed by atoms with E-state index < -0.39 is 82.2 Å². The zero-order valence-electron chi connectivity index (χ0n) is 18.6. The van der Waals surface area contributed by atoms with E-state index in [1.807, 2.05) is 0 Å². The van der Waals surface area contributed by atoms with Crippen molar-refractivity contribution in [2.24, 2.45) is 0 Å². The fourth-order valence-electron chi connectivity index (χ4n) is 3.70. The minimum absolute atomic E-state index is 0.111. The molecule has 0 N–H and O–H groups in total. The van der Waals surface area contributed by atoms with Crippen LogP contribution in [-0.4, -0.2) is 29.5 Å². The highest BCUT2D eigenvalue weighted by Crippen LogP contribution is 2.48. The van der Waals surface area contributed by atoms with Crippen LogP contribution in [0.25, 0.3) is 0 Å². The Morgan fingerprint density at radius 3 is 1.16 bits per heavy atom. The summed E-state index contributed by atoms with van der Waals surface area (Å²) in [5, 5.41) is 69.4. The van der Waals surface area contributed by atoms with Crippen molar-refractivity contribution in [3.05, 3.63) is 115 Å². The highest BCUT2D eigenvalue weighted by atomic mass is 31.1. The van der Waals surface area contributed by atoms with E-state index in [2.05, 4.69) is 0 Å². The van der Waals surface area contributed by atoms with Gasteiger partial charge >= 0.3 is 34.1 Å². The van der Waals surface area contributed by atoms with Crippen LogP contribution in [0.5, 0.6) is 0 Å². The number of rotatable bonds is 9. The summed E-state index contributed by atoms with van der Waals surface area (Å²) in [7, 11) is -2.66. The molecule has 0 bridgehead atoms. The van der Waals surface area contributed by atoms with Crippen LogP contribution in [0.15, 0.2) is 48.5 Å². The SMILES string of the molecule is Cc1ccccc1P(c1ccc([N+](=O)[O-])c([N+](=O)[O-])c1[N+](=O)[O-])c1ccc([N+](=O)[O-])c([N+](=O)[O-])c1[N+](=O)[O-]. The molecule has 0 saturated heterocycles. The van der Waals surface area contributed by atoms with Crippen LogP contribution in [0.3, 0.4) is 0 Å². The van der Waals surface area contributed by atoms with Gasteiger partial charge in [-0.2, -0.15) is 0 Å². The normalized spacial score (nSPS) is 10.7. The lowest BCUT2D eigenvalue weighted by atomic mass is 10.2. The molecule has 0 aliphatic rings. The topological polar surface area (TPSA) is 259 Å². The zero-order chi connectivity index (χ0) is 28.5. The minimum atomic E-state index is -2.66. The fraction of sp³-hybridized carbons (Fsp3) is 0.0526. The van der Waals surface area contributed by atoms with Gasteiger partial charge in [-0.1, -0.05) is 24.3 Å². The van der Waals surface area contributed by atoms with Crippen molar-refractivity contribution < 1.29 is 29.5 Å². The Kier molecular flexibility index (Phi) is 7.29. The number of nitrogens with zero attached hydrogens (tertiary/aromatic N) is 6. The standard InChI is InChI=1S/C19H11N6O12P/c1-10-4-2-3-5-13(10)38(14-8-6-11(20(26)27)16(22(30)31)18(14)24(34)35)15-9-7-12(21(28)29)17(23(32)33)19(15)25(36)37/h2-9H,1H3. The third-order valence-electron chi connectivity index (χ3n) is 5.18. The van der Waals surface area contributed by atoms with Crippen LogP contribution in [0.4, 0.5) is 34.1 Å². The second-order valence-electron chi connectivity index (χ2n) is 7.27. The van der Waals surface area contributed by atoms with Crippen molar-refractivity contribution >= 4 is 58.0 Å². The van der Waals surface area contributed by atoms with E-state index >= 15 is 0 Å². The first-order valence-electron chi connectivity index (χ1n) is 9.85. The van der Waals surface area contributed by atoms with Crippen molar-refractivity contribution in [2.45, 2.75) is 6.92 Å². The summed E-state index contributed by atoms with van der Waals surface area (Å²) < 4.78 is 0. The first kappa shape index (κ1) is 27.1. The summed E-state index contributed by atoms with van der Waals surface area (Å²) in [5.41, 5.74) is -7.81. The maximum atomic E-state index is 12.1. The Labute approximate surface area is 209 Å². The van der Waals surface area contributed by atoms with Gasteiger partial charge in [0.2, 0.25) is 0 Å². The van der Waals surface area contributed by atoms with Gasteiger partial charge in [0, 0.05) is 20.1 Å².